The number of aryl methyl sites for hydroxylation is 1. The zero-order chi connectivity index (χ0) is 17.1. The molecule has 0 saturated carbocycles. The lowest BCUT2D eigenvalue weighted by atomic mass is 9.93. The van der Waals surface area contributed by atoms with E-state index >= 15 is 0 Å². The summed E-state index contributed by atoms with van der Waals surface area (Å²) < 4.78 is 5.34. The number of nitrogens with one attached hydrogen (secondary N) is 2. The highest BCUT2D eigenvalue weighted by Gasteiger charge is 2.22. The van der Waals surface area contributed by atoms with Gasteiger partial charge in [-0.3, -0.25) is 4.79 Å². The number of ether oxygens (including phenoxy) is 1. The summed E-state index contributed by atoms with van der Waals surface area (Å²) in [6, 6.07) is 11.3. The second-order valence-electron chi connectivity index (χ2n) is 6.03. The van der Waals surface area contributed by atoms with E-state index in [1.807, 2.05) is 37.3 Å². The molecular weight excluding hydrogens is 324 g/mol. The standard InChI is InChI=1S/C19H21ClN2O2/c1-12-9-17(18(24-2)10-16(12)20)22-19(23)15-6-4-3-5-14(15)13-7-8-21-11-13/h3-6,9-10,13,21H,7-8,11H2,1-2H3,(H,22,23)/t13-/m0/s1. The van der Waals surface area contributed by atoms with Gasteiger partial charge < -0.3 is 15.4 Å². The van der Waals surface area contributed by atoms with Crippen LogP contribution in [-0.2, 0) is 0 Å². The lowest BCUT2D eigenvalue weighted by Gasteiger charge is -2.16. The molecule has 0 aliphatic carbocycles. The minimum absolute atomic E-state index is 0.127. The molecule has 5 heteroatoms. The molecule has 1 amide bonds. The van der Waals surface area contributed by atoms with Crippen molar-refractivity contribution in [3.05, 3.63) is 58.1 Å². The second-order valence-corrected chi connectivity index (χ2v) is 6.44. The Morgan fingerprint density at radius 1 is 1.33 bits per heavy atom. The fourth-order valence-electron chi connectivity index (χ4n) is 3.10. The summed E-state index contributed by atoms with van der Waals surface area (Å²) in [7, 11) is 1.56. The Bertz CT molecular complexity index is 755. The van der Waals surface area contributed by atoms with Crippen molar-refractivity contribution in [1.29, 1.82) is 0 Å². The van der Waals surface area contributed by atoms with Gasteiger partial charge in [-0.25, -0.2) is 0 Å². The Balaban J connectivity index is 1.90. The van der Waals surface area contributed by atoms with E-state index in [4.69, 9.17) is 16.3 Å². The summed E-state index contributed by atoms with van der Waals surface area (Å²) in [5.74, 6) is 0.803. The van der Waals surface area contributed by atoms with Crippen LogP contribution in [0, 0.1) is 6.92 Å². The molecule has 0 aromatic heterocycles. The van der Waals surface area contributed by atoms with Crippen LogP contribution in [0.2, 0.25) is 5.02 Å². The van der Waals surface area contributed by atoms with Crippen LogP contribution in [0.25, 0.3) is 0 Å². The molecule has 4 nitrogen and oxygen atoms in total. The summed E-state index contributed by atoms with van der Waals surface area (Å²) in [5.41, 5.74) is 3.32. The molecular formula is C19H21ClN2O2. The summed E-state index contributed by atoms with van der Waals surface area (Å²) in [6.45, 7) is 3.80. The van der Waals surface area contributed by atoms with E-state index in [-0.39, 0.29) is 5.91 Å². The highest BCUT2D eigenvalue weighted by molar-refractivity contribution is 6.31. The normalized spacial score (nSPS) is 16.9. The van der Waals surface area contributed by atoms with E-state index in [9.17, 15) is 4.79 Å². The molecule has 0 unspecified atom stereocenters. The van der Waals surface area contributed by atoms with Gasteiger partial charge in [-0.05, 0) is 49.1 Å². The number of hydrogen-bond acceptors (Lipinski definition) is 3. The van der Waals surface area contributed by atoms with E-state index in [1.165, 1.54) is 0 Å². The summed E-state index contributed by atoms with van der Waals surface area (Å²) >= 11 is 6.13. The molecule has 1 fully saturated rings. The molecule has 2 aromatic rings. The minimum Gasteiger partial charge on any atom is -0.495 e. The minimum atomic E-state index is -0.127. The molecule has 1 aliphatic rings. The van der Waals surface area contributed by atoms with Crippen molar-refractivity contribution < 1.29 is 9.53 Å². The summed E-state index contributed by atoms with van der Waals surface area (Å²) in [5, 5.41) is 6.93. The topological polar surface area (TPSA) is 50.4 Å². The van der Waals surface area contributed by atoms with E-state index in [0.717, 1.165) is 30.6 Å². The largest absolute Gasteiger partial charge is 0.495 e. The van der Waals surface area contributed by atoms with Crippen molar-refractivity contribution in [3.63, 3.8) is 0 Å². The third-order valence-electron chi connectivity index (χ3n) is 4.43. The van der Waals surface area contributed by atoms with Gasteiger partial charge >= 0.3 is 0 Å². The summed E-state index contributed by atoms with van der Waals surface area (Å²) in [6.07, 6.45) is 1.05. The number of methoxy groups -OCH3 is 1. The fraction of sp³-hybridized carbons (Fsp3) is 0.316. The van der Waals surface area contributed by atoms with Crippen LogP contribution in [0.1, 0.15) is 33.8 Å². The molecule has 1 atom stereocenters. The predicted molar refractivity (Wildman–Crippen MR) is 97.4 cm³/mol. The van der Waals surface area contributed by atoms with Crippen molar-refractivity contribution in [2.45, 2.75) is 19.3 Å². The molecule has 1 aliphatic heterocycles. The number of carbonyl (C=O) groups is 1. The zero-order valence-electron chi connectivity index (χ0n) is 13.9. The number of carbonyl (C=O) groups excluding carboxylic acids is 1. The number of halogens is 1. The number of rotatable bonds is 4. The first-order chi connectivity index (χ1) is 11.6. The molecule has 3 rings (SSSR count). The first-order valence-electron chi connectivity index (χ1n) is 8.05. The molecule has 0 spiro atoms. The van der Waals surface area contributed by atoms with Gasteiger partial charge in [-0.15, -0.1) is 0 Å². The fourth-order valence-corrected chi connectivity index (χ4v) is 3.25. The second kappa shape index (κ2) is 7.24. The number of amides is 1. The highest BCUT2D eigenvalue weighted by Crippen LogP contribution is 2.32. The highest BCUT2D eigenvalue weighted by atomic mass is 35.5. The maximum Gasteiger partial charge on any atom is 0.256 e. The van der Waals surface area contributed by atoms with E-state index in [1.54, 1.807) is 13.2 Å². The third-order valence-corrected chi connectivity index (χ3v) is 4.84. The summed E-state index contributed by atoms with van der Waals surface area (Å²) in [4.78, 5) is 12.8. The van der Waals surface area contributed by atoms with E-state index in [0.29, 0.717) is 27.9 Å². The predicted octanol–water partition coefficient (Wildman–Crippen LogP) is 3.99. The van der Waals surface area contributed by atoms with Gasteiger partial charge in [0.1, 0.15) is 5.75 Å². The molecule has 1 saturated heterocycles. The molecule has 0 bridgehead atoms. The molecule has 2 N–H and O–H groups in total. The third kappa shape index (κ3) is 3.40. The Morgan fingerprint density at radius 3 is 2.83 bits per heavy atom. The zero-order valence-corrected chi connectivity index (χ0v) is 14.6. The van der Waals surface area contributed by atoms with Gasteiger partial charge in [0.15, 0.2) is 0 Å². The van der Waals surface area contributed by atoms with Crippen LogP contribution in [0.4, 0.5) is 5.69 Å². The van der Waals surface area contributed by atoms with Crippen LogP contribution in [0.15, 0.2) is 36.4 Å². The smallest absolute Gasteiger partial charge is 0.256 e. The van der Waals surface area contributed by atoms with Crippen LogP contribution >= 0.6 is 11.6 Å². The molecule has 2 aromatic carbocycles. The monoisotopic (exact) mass is 344 g/mol. The van der Waals surface area contributed by atoms with Crippen LogP contribution in [0.3, 0.4) is 0 Å². The number of hydrogen-bond donors (Lipinski definition) is 2. The number of anilines is 1. The average Bonchev–Trinajstić information content (AvgIpc) is 3.12. The van der Waals surface area contributed by atoms with E-state index < -0.39 is 0 Å². The maximum atomic E-state index is 12.8. The Morgan fingerprint density at radius 2 is 2.12 bits per heavy atom. The van der Waals surface area contributed by atoms with Crippen molar-refractivity contribution in [1.82, 2.24) is 5.32 Å². The first-order valence-corrected chi connectivity index (χ1v) is 8.43. The SMILES string of the molecule is COc1cc(Cl)c(C)cc1NC(=O)c1ccccc1[C@H]1CCNC1. The van der Waals surface area contributed by atoms with Crippen LogP contribution in [0.5, 0.6) is 5.75 Å². The Kier molecular flexibility index (Phi) is 5.07. The van der Waals surface area contributed by atoms with Crippen molar-refractivity contribution >= 4 is 23.2 Å². The lowest BCUT2D eigenvalue weighted by Crippen LogP contribution is -2.17. The van der Waals surface area contributed by atoms with Gasteiger partial charge in [0.2, 0.25) is 0 Å². The molecule has 24 heavy (non-hydrogen) atoms. The van der Waals surface area contributed by atoms with Crippen molar-refractivity contribution in [2.24, 2.45) is 0 Å². The van der Waals surface area contributed by atoms with Crippen molar-refractivity contribution in [3.8, 4) is 5.75 Å². The average molecular weight is 345 g/mol. The van der Waals surface area contributed by atoms with Gasteiger partial charge in [0.05, 0.1) is 12.8 Å². The van der Waals surface area contributed by atoms with Gasteiger partial charge in [0, 0.05) is 23.2 Å². The molecule has 1 heterocycles. The lowest BCUT2D eigenvalue weighted by molar-refractivity contribution is 0.102. The van der Waals surface area contributed by atoms with Crippen molar-refractivity contribution in [2.75, 3.05) is 25.5 Å². The molecule has 0 radical (unpaired) electrons. The maximum absolute atomic E-state index is 12.8. The van der Waals surface area contributed by atoms with E-state index in [2.05, 4.69) is 10.6 Å². The van der Waals surface area contributed by atoms with Crippen LogP contribution in [-0.4, -0.2) is 26.1 Å². The Labute approximate surface area is 147 Å². The number of benzene rings is 2. The Hall–Kier alpha value is -2.04. The van der Waals surface area contributed by atoms with Gasteiger partial charge in [-0.2, -0.15) is 0 Å². The van der Waals surface area contributed by atoms with Crippen LogP contribution < -0.4 is 15.4 Å². The van der Waals surface area contributed by atoms with Gasteiger partial charge in [0.25, 0.3) is 5.91 Å². The first kappa shape index (κ1) is 16.8. The quantitative estimate of drug-likeness (QED) is 0.881. The molecule has 126 valence electrons. The van der Waals surface area contributed by atoms with Gasteiger partial charge in [-0.1, -0.05) is 29.8 Å².